The van der Waals surface area contributed by atoms with Crippen LogP contribution < -0.4 is 4.74 Å². The Hall–Kier alpha value is -2.80. The van der Waals surface area contributed by atoms with E-state index in [0.717, 1.165) is 39.4 Å². The van der Waals surface area contributed by atoms with Gasteiger partial charge < -0.3 is 13.9 Å². The van der Waals surface area contributed by atoms with Gasteiger partial charge in [-0.2, -0.15) is 0 Å². The highest BCUT2D eigenvalue weighted by Gasteiger charge is 2.18. The maximum Gasteiger partial charge on any atom is 0.191 e. The van der Waals surface area contributed by atoms with Gasteiger partial charge in [0.25, 0.3) is 0 Å². The predicted molar refractivity (Wildman–Crippen MR) is 112 cm³/mol. The largest absolute Gasteiger partial charge is 0.497 e. The lowest BCUT2D eigenvalue weighted by atomic mass is 10.2. The zero-order chi connectivity index (χ0) is 20.3. The average Bonchev–Trinajstić information content (AvgIpc) is 3.19. The number of carbonyl (C=O) groups excluding carboxylic acids is 1. The molecule has 7 heteroatoms. The molecule has 0 N–H and O–H groups in total. The SMILES string of the molecule is C=CCn1c(C)nnc1SCC(=O)c1cc(C)n(-c2ccc(OC)cc2)c1C. The fourth-order valence-corrected chi connectivity index (χ4v) is 4.07. The van der Waals surface area contributed by atoms with Crippen LogP contribution in [0.5, 0.6) is 5.75 Å². The highest BCUT2D eigenvalue weighted by atomic mass is 32.2. The van der Waals surface area contributed by atoms with Crippen molar-refractivity contribution in [2.45, 2.75) is 32.5 Å². The van der Waals surface area contributed by atoms with Crippen molar-refractivity contribution < 1.29 is 9.53 Å². The molecule has 146 valence electrons. The van der Waals surface area contributed by atoms with Gasteiger partial charge >= 0.3 is 0 Å². The van der Waals surface area contributed by atoms with E-state index in [-0.39, 0.29) is 5.78 Å². The summed E-state index contributed by atoms with van der Waals surface area (Å²) in [6.45, 7) is 10.3. The van der Waals surface area contributed by atoms with Crippen molar-refractivity contribution >= 4 is 17.5 Å². The number of thioether (sulfide) groups is 1. The quantitative estimate of drug-likeness (QED) is 0.325. The van der Waals surface area contributed by atoms with Gasteiger partial charge in [0.2, 0.25) is 0 Å². The summed E-state index contributed by atoms with van der Waals surface area (Å²) >= 11 is 1.40. The lowest BCUT2D eigenvalue weighted by Gasteiger charge is -2.10. The van der Waals surface area contributed by atoms with Crippen molar-refractivity contribution in [3.63, 3.8) is 0 Å². The molecule has 28 heavy (non-hydrogen) atoms. The second-order valence-electron chi connectivity index (χ2n) is 6.46. The van der Waals surface area contributed by atoms with Gasteiger partial charge in [0.05, 0.1) is 12.9 Å². The minimum absolute atomic E-state index is 0.0728. The third-order valence-corrected chi connectivity index (χ3v) is 5.57. The van der Waals surface area contributed by atoms with Gasteiger partial charge in [-0.05, 0) is 51.1 Å². The van der Waals surface area contributed by atoms with Gasteiger partial charge in [-0.1, -0.05) is 17.8 Å². The predicted octanol–water partition coefficient (Wildman–Crippen LogP) is 4.16. The number of ketones is 1. The molecule has 6 nitrogen and oxygen atoms in total. The Balaban J connectivity index is 1.80. The number of nitrogens with zero attached hydrogens (tertiary/aromatic N) is 4. The van der Waals surface area contributed by atoms with Crippen LogP contribution in [0, 0.1) is 20.8 Å². The first-order valence-corrected chi connectivity index (χ1v) is 9.95. The van der Waals surface area contributed by atoms with E-state index in [2.05, 4.69) is 21.3 Å². The minimum atomic E-state index is 0.0728. The number of hydrogen-bond donors (Lipinski definition) is 0. The first kappa shape index (κ1) is 19.9. The van der Waals surface area contributed by atoms with Crippen molar-refractivity contribution in [3.05, 3.63) is 65.8 Å². The zero-order valence-electron chi connectivity index (χ0n) is 16.6. The van der Waals surface area contributed by atoms with Crippen LogP contribution in [0.3, 0.4) is 0 Å². The first-order valence-electron chi connectivity index (χ1n) is 8.96. The van der Waals surface area contributed by atoms with Gasteiger partial charge in [0, 0.05) is 29.2 Å². The molecule has 3 aromatic rings. The van der Waals surface area contributed by atoms with Crippen LogP contribution in [0.1, 0.15) is 27.6 Å². The minimum Gasteiger partial charge on any atom is -0.497 e. The molecule has 0 amide bonds. The lowest BCUT2D eigenvalue weighted by molar-refractivity contribution is 0.102. The van der Waals surface area contributed by atoms with Crippen molar-refractivity contribution in [2.24, 2.45) is 0 Å². The van der Waals surface area contributed by atoms with Crippen LogP contribution in [-0.4, -0.2) is 38.0 Å². The van der Waals surface area contributed by atoms with Crippen molar-refractivity contribution in [1.82, 2.24) is 19.3 Å². The number of rotatable bonds is 8. The second kappa shape index (κ2) is 8.48. The van der Waals surface area contributed by atoms with Gasteiger partial charge in [0.15, 0.2) is 10.9 Å². The highest BCUT2D eigenvalue weighted by Crippen LogP contribution is 2.25. The molecule has 0 aliphatic rings. The summed E-state index contributed by atoms with van der Waals surface area (Å²) in [6, 6.07) is 9.76. The summed E-state index contributed by atoms with van der Waals surface area (Å²) in [7, 11) is 1.65. The summed E-state index contributed by atoms with van der Waals surface area (Å²) < 4.78 is 9.26. The molecule has 0 radical (unpaired) electrons. The summed E-state index contributed by atoms with van der Waals surface area (Å²) in [4.78, 5) is 12.9. The smallest absolute Gasteiger partial charge is 0.191 e. The van der Waals surface area contributed by atoms with Crippen molar-refractivity contribution in [1.29, 1.82) is 0 Å². The van der Waals surface area contributed by atoms with E-state index in [1.165, 1.54) is 11.8 Å². The number of allylic oxidation sites excluding steroid dienone is 1. The molecule has 0 spiro atoms. The van der Waals surface area contributed by atoms with E-state index in [4.69, 9.17) is 4.74 Å². The number of Topliss-reactive ketones (excluding diaryl/α,β-unsaturated/α-hetero) is 1. The molecule has 0 saturated heterocycles. The van der Waals surface area contributed by atoms with Crippen LogP contribution in [0.25, 0.3) is 5.69 Å². The van der Waals surface area contributed by atoms with E-state index in [1.54, 1.807) is 13.2 Å². The molecule has 0 atom stereocenters. The average molecular weight is 397 g/mol. The van der Waals surface area contributed by atoms with Gasteiger partial charge in [0.1, 0.15) is 11.6 Å². The molecule has 0 unspecified atom stereocenters. The molecule has 3 rings (SSSR count). The molecule has 0 bridgehead atoms. The van der Waals surface area contributed by atoms with Gasteiger partial charge in [-0.3, -0.25) is 4.79 Å². The summed E-state index contributed by atoms with van der Waals surface area (Å²) in [6.07, 6.45) is 1.80. The lowest BCUT2D eigenvalue weighted by Crippen LogP contribution is -2.07. The van der Waals surface area contributed by atoms with Gasteiger partial charge in [-0.25, -0.2) is 0 Å². The van der Waals surface area contributed by atoms with Crippen LogP contribution in [0.4, 0.5) is 0 Å². The molecular formula is C21H24N4O2S. The third kappa shape index (κ3) is 3.89. The fraction of sp³-hybridized carbons (Fsp3) is 0.286. The van der Waals surface area contributed by atoms with E-state index in [9.17, 15) is 4.79 Å². The Morgan fingerprint density at radius 1 is 1.21 bits per heavy atom. The normalized spacial score (nSPS) is 10.9. The van der Waals surface area contributed by atoms with E-state index in [0.29, 0.717) is 12.3 Å². The van der Waals surface area contributed by atoms with E-state index < -0.39 is 0 Å². The van der Waals surface area contributed by atoms with Crippen LogP contribution >= 0.6 is 11.8 Å². The number of carbonyl (C=O) groups is 1. The van der Waals surface area contributed by atoms with Crippen molar-refractivity contribution in [3.8, 4) is 11.4 Å². The third-order valence-electron chi connectivity index (χ3n) is 4.61. The number of hydrogen-bond acceptors (Lipinski definition) is 5. The molecule has 1 aromatic carbocycles. The number of benzene rings is 1. The topological polar surface area (TPSA) is 61.9 Å². The summed E-state index contributed by atoms with van der Waals surface area (Å²) in [5.74, 6) is 2.00. The molecule has 0 aliphatic carbocycles. The van der Waals surface area contributed by atoms with Crippen molar-refractivity contribution in [2.75, 3.05) is 12.9 Å². The first-order chi connectivity index (χ1) is 13.5. The maximum atomic E-state index is 12.9. The molecule has 0 fully saturated rings. The van der Waals surface area contributed by atoms with E-state index in [1.807, 2.05) is 55.7 Å². The fourth-order valence-electron chi connectivity index (χ4n) is 3.19. The maximum absolute atomic E-state index is 12.9. The summed E-state index contributed by atoms with van der Waals surface area (Å²) in [5, 5.41) is 8.99. The van der Waals surface area contributed by atoms with Crippen LogP contribution in [0.2, 0.25) is 0 Å². The Bertz CT molecular complexity index is 1000. The Morgan fingerprint density at radius 2 is 1.93 bits per heavy atom. The second-order valence-corrected chi connectivity index (χ2v) is 7.40. The number of aromatic nitrogens is 4. The Morgan fingerprint density at radius 3 is 2.57 bits per heavy atom. The molecule has 2 heterocycles. The molecular weight excluding hydrogens is 372 g/mol. The monoisotopic (exact) mass is 396 g/mol. The standard InChI is InChI=1S/C21H24N4O2S/c1-6-11-24-16(4)22-23-21(24)28-13-20(26)19-12-14(2)25(15(19)3)17-7-9-18(27-5)10-8-17/h6-10,12H,1,11,13H2,2-5H3. The number of ether oxygens (including phenoxy) is 1. The Labute approximate surface area is 169 Å². The molecule has 2 aromatic heterocycles. The number of methoxy groups -OCH3 is 1. The Kier molecular flexibility index (Phi) is 6.04. The van der Waals surface area contributed by atoms with Crippen LogP contribution in [-0.2, 0) is 6.54 Å². The van der Waals surface area contributed by atoms with E-state index >= 15 is 0 Å². The highest BCUT2D eigenvalue weighted by molar-refractivity contribution is 7.99. The zero-order valence-corrected chi connectivity index (χ0v) is 17.4. The number of aryl methyl sites for hydroxylation is 2. The van der Waals surface area contributed by atoms with Gasteiger partial charge in [-0.15, -0.1) is 16.8 Å². The molecule has 0 saturated carbocycles. The van der Waals surface area contributed by atoms with Crippen LogP contribution in [0.15, 0.2) is 48.1 Å². The molecule has 0 aliphatic heterocycles. The summed E-state index contributed by atoms with van der Waals surface area (Å²) in [5.41, 5.74) is 3.68.